The highest BCUT2D eigenvalue weighted by molar-refractivity contribution is 7.91. The first-order valence-electron chi connectivity index (χ1n) is 5.88. The van der Waals surface area contributed by atoms with Crippen LogP contribution in [0.3, 0.4) is 0 Å². The molecular formula is C13H14N2O3S. The lowest BCUT2D eigenvalue weighted by atomic mass is 10.1. The standard InChI is InChI=1S/C13H14N2O3S/c1-2-7-19(17,18)13-10(12(14)16)8-9-5-3-4-6-11(9)15-13/h3-6,8H,2,7H2,1H3,(H2,14,16). The second kappa shape index (κ2) is 4.97. The summed E-state index contributed by atoms with van der Waals surface area (Å²) in [5.74, 6) is -0.841. The van der Waals surface area contributed by atoms with Crippen molar-refractivity contribution in [2.24, 2.45) is 5.73 Å². The van der Waals surface area contributed by atoms with Crippen molar-refractivity contribution < 1.29 is 13.2 Å². The number of nitrogens with two attached hydrogens (primary N) is 1. The number of primary amides is 1. The van der Waals surface area contributed by atoms with Gasteiger partial charge < -0.3 is 5.73 Å². The van der Waals surface area contributed by atoms with E-state index < -0.39 is 15.7 Å². The van der Waals surface area contributed by atoms with Crippen molar-refractivity contribution in [3.05, 3.63) is 35.9 Å². The van der Waals surface area contributed by atoms with Crippen molar-refractivity contribution in [1.29, 1.82) is 0 Å². The van der Waals surface area contributed by atoms with Crippen molar-refractivity contribution in [2.75, 3.05) is 5.75 Å². The van der Waals surface area contributed by atoms with E-state index in [1.807, 2.05) is 0 Å². The molecule has 0 saturated carbocycles. The number of pyridine rings is 1. The highest BCUT2D eigenvalue weighted by Crippen LogP contribution is 2.21. The number of para-hydroxylation sites is 1. The number of hydrogen-bond donors (Lipinski definition) is 1. The SMILES string of the molecule is CCCS(=O)(=O)c1nc2ccccc2cc1C(N)=O. The Morgan fingerprint density at radius 3 is 2.63 bits per heavy atom. The Bertz CT molecular complexity index is 739. The van der Waals surface area contributed by atoms with Crippen LogP contribution in [-0.2, 0) is 9.84 Å². The molecule has 1 heterocycles. The van der Waals surface area contributed by atoms with Gasteiger partial charge in [0.2, 0.25) is 0 Å². The fourth-order valence-electron chi connectivity index (χ4n) is 1.88. The lowest BCUT2D eigenvalue weighted by molar-refractivity contribution is 0.0996. The molecule has 0 saturated heterocycles. The van der Waals surface area contributed by atoms with Crippen LogP contribution in [0, 0.1) is 0 Å². The van der Waals surface area contributed by atoms with Crippen LogP contribution in [0.4, 0.5) is 0 Å². The number of nitrogens with zero attached hydrogens (tertiary/aromatic N) is 1. The Hall–Kier alpha value is -1.95. The molecule has 2 rings (SSSR count). The summed E-state index contributed by atoms with van der Waals surface area (Å²) in [6.07, 6.45) is 0.453. The average Bonchev–Trinajstić information content (AvgIpc) is 2.37. The minimum Gasteiger partial charge on any atom is -0.366 e. The van der Waals surface area contributed by atoms with Crippen LogP contribution in [0.2, 0.25) is 0 Å². The third-order valence-corrected chi connectivity index (χ3v) is 4.57. The number of rotatable bonds is 4. The van der Waals surface area contributed by atoms with Gasteiger partial charge in [-0.15, -0.1) is 0 Å². The van der Waals surface area contributed by atoms with Crippen molar-refractivity contribution in [3.63, 3.8) is 0 Å². The smallest absolute Gasteiger partial charge is 0.251 e. The molecule has 0 unspecified atom stereocenters. The second-order valence-corrected chi connectivity index (χ2v) is 6.24. The number of amides is 1. The van der Waals surface area contributed by atoms with E-state index in [0.29, 0.717) is 17.3 Å². The zero-order valence-electron chi connectivity index (χ0n) is 10.5. The largest absolute Gasteiger partial charge is 0.366 e. The van der Waals surface area contributed by atoms with Crippen molar-refractivity contribution in [2.45, 2.75) is 18.4 Å². The van der Waals surface area contributed by atoms with Gasteiger partial charge in [-0.25, -0.2) is 13.4 Å². The summed E-state index contributed by atoms with van der Waals surface area (Å²) in [7, 11) is -3.59. The van der Waals surface area contributed by atoms with Crippen molar-refractivity contribution in [1.82, 2.24) is 4.98 Å². The zero-order valence-corrected chi connectivity index (χ0v) is 11.3. The second-order valence-electron chi connectivity index (χ2n) is 4.22. The Balaban J connectivity index is 2.77. The number of carbonyl (C=O) groups excluding carboxylic acids is 1. The topological polar surface area (TPSA) is 90.1 Å². The Morgan fingerprint density at radius 1 is 1.32 bits per heavy atom. The quantitative estimate of drug-likeness (QED) is 0.918. The summed E-state index contributed by atoms with van der Waals surface area (Å²) in [6, 6.07) is 8.48. The summed E-state index contributed by atoms with van der Waals surface area (Å²) >= 11 is 0. The maximum Gasteiger partial charge on any atom is 0.251 e. The molecule has 1 aromatic heterocycles. The lowest BCUT2D eigenvalue weighted by Gasteiger charge is -2.08. The first-order valence-corrected chi connectivity index (χ1v) is 7.53. The molecule has 100 valence electrons. The van der Waals surface area contributed by atoms with E-state index >= 15 is 0 Å². The molecule has 0 aliphatic carbocycles. The molecule has 1 aromatic carbocycles. The van der Waals surface area contributed by atoms with Gasteiger partial charge in [0.25, 0.3) is 5.91 Å². The van der Waals surface area contributed by atoms with Gasteiger partial charge in [0.1, 0.15) is 0 Å². The van der Waals surface area contributed by atoms with Crippen LogP contribution in [0.1, 0.15) is 23.7 Å². The minimum absolute atomic E-state index is 0.0489. The number of sulfone groups is 1. The number of carbonyl (C=O) groups is 1. The third-order valence-electron chi connectivity index (χ3n) is 2.72. The molecule has 0 aliphatic rings. The van der Waals surface area contributed by atoms with E-state index in [9.17, 15) is 13.2 Å². The monoisotopic (exact) mass is 278 g/mol. The number of fused-ring (bicyclic) bond motifs is 1. The van der Waals surface area contributed by atoms with Gasteiger partial charge in [0.05, 0.1) is 16.8 Å². The summed E-state index contributed by atoms with van der Waals surface area (Å²) in [5.41, 5.74) is 5.74. The molecule has 0 radical (unpaired) electrons. The fourth-order valence-corrected chi connectivity index (χ4v) is 3.34. The maximum atomic E-state index is 12.1. The average molecular weight is 278 g/mol. The van der Waals surface area contributed by atoms with Gasteiger partial charge in [-0.2, -0.15) is 0 Å². The lowest BCUT2D eigenvalue weighted by Crippen LogP contribution is -2.19. The van der Waals surface area contributed by atoms with E-state index in [4.69, 9.17) is 5.73 Å². The highest BCUT2D eigenvalue weighted by Gasteiger charge is 2.23. The van der Waals surface area contributed by atoms with Gasteiger partial charge in [-0.1, -0.05) is 25.1 Å². The molecule has 2 N–H and O–H groups in total. The number of aromatic nitrogens is 1. The predicted octanol–water partition coefficient (Wildman–Crippen LogP) is 1.52. The molecule has 0 atom stereocenters. The molecule has 1 amide bonds. The molecule has 6 heteroatoms. The molecular weight excluding hydrogens is 264 g/mol. The van der Waals surface area contributed by atoms with E-state index in [0.717, 1.165) is 0 Å². The Morgan fingerprint density at radius 2 is 2.00 bits per heavy atom. The van der Waals surface area contributed by atoms with Crippen LogP contribution in [0.25, 0.3) is 10.9 Å². The van der Waals surface area contributed by atoms with Gasteiger partial charge >= 0.3 is 0 Å². The Labute approximate surface area is 111 Å². The summed E-state index contributed by atoms with van der Waals surface area (Å²) in [5, 5.41) is 0.465. The first-order chi connectivity index (χ1) is 8.95. The van der Waals surface area contributed by atoms with Gasteiger partial charge in [0, 0.05) is 5.39 Å². The highest BCUT2D eigenvalue weighted by atomic mass is 32.2. The normalized spacial score (nSPS) is 11.6. The molecule has 0 aliphatic heterocycles. The van der Waals surface area contributed by atoms with E-state index in [-0.39, 0.29) is 16.3 Å². The molecule has 0 bridgehead atoms. The van der Waals surface area contributed by atoms with Gasteiger partial charge in [-0.05, 0) is 18.6 Å². The van der Waals surface area contributed by atoms with Crippen LogP contribution in [0.5, 0.6) is 0 Å². The molecule has 5 nitrogen and oxygen atoms in total. The number of hydrogen-bond acceptors (Lipinski definition) is 4. The van der Waals surface area contributed by atoms with Crippen molar-refractivity contribution >= 4 is 26.6 Å². The van der Waals surface area contributed by atoms with E-state index in [2.05, 4.69) is 4.98 Å². The zero-order chi connectivity index (χ0) is 14.0. The summed E-state index contributed by atoms with van der Waals surface area (Å²) in [6.45, 7) is 1.75. The van der Waals surface area contributed by atoms with Crippen molar-refractivity contribution in [3.8, 4) is 0 Å². The molecule has 0 spiro atoms. The maximum absolute atomic E-state index is 12.1. The Kier molecular flexibility index (Phi) is 3.53. The molecule has 0 fully saturated rings. The molecule has 19 heavy (non-hydrogen) atoms. The first kappa shape index (κ1) is 13.5. The third kappa shape index (κ3) is 2.58. The van der Waals surface area contributed by atoms with Crippen LogP contribution >= 0.6 is 0 Å². The number of benzene rings is 1. The minimum atomic E-state index is -3.59. The van der Waals surface area contributed by atoms with E-state index in [1.54, 1.807) is 31.2 Å². The summed E-state index contributed by atoms with van der Waals surface area (Å²) in [4.78, 5) is 15.5. The summed E-state index contributed by atoms with van der Waals surface area (Å²) < 4.78 is 24.3. The van der Waals surface area contributed by atoms with Crippen LogP contribution < -0.4 is 5.73 Å². The fraction of sp³-hybridized carbons (Fsp3) is 0.231. The molecule has 2 aromatic rings. The van der Waals surface area contributed by atoms with Gasteiger partial charge in [0.15, 0.2) is 14.9 Å². The van der Waals surface area contributed by atoms with E-state index in [1.165, 1.54) is 6.07 Å². The van der Waals surface area contributed by atoms with Gasteiger partial charge in [-0.3, -0.25) is 4.79 Å². The van der Waals surface area contributed by atoms with Crippen LogP contribution in [0.15, 0.2) is 35.4 Å². The predicted molar refractivity (Wildman–Crippen MR) is 72.6 cm³/mol. The van der Waals surface area contributed by atoms with Crippen LogP contribution in [-0.4, -0.2) is 25.1 Å².